The monoisotopic (exact) mass is 1290 g/mol. The molecule has 24 heteroatoms. The van der Waals surface area contributed by atoms with E-state index in [1.54, 1.807) is 73.9 Å². The number of benzene rings is 4. The lowest BCUT2D eigenvalue weighted by Crippen LogP contribution is -2.64. The Morgan fingerprint density at radius 3 is 2.16 bits per heavy atom. The van der Waals surface area contributed by atoms with Crippen molar-refractivity contribution in [3.8, 4) is 0 Å². The second-order valence-corrected chi connectivity index (χ2v) is 27.4. The largest absolute Gasteiger partial charge is 0.444 e. The van der Waals surface area contributed by atoms with Gasteiger partial charge >= 0.3 is 12.2 Å². The number of anilines is 2. The Morgan fingerprint density at radius 1 is 0.774 bits per heavy atom. The van der Waals surface area contributed by atoms with Crippen LogP contribution in [-0.4, -0.2) is 199 Å². The first kappa shape index (κ1) is 69.3. The van der Waals surface area contributed by atoms with E-state index in [1.807, 2.05) is 45.9 Å². The lowest BCUT2D eigenvalue weighted by atomic mass is 9.83. The number of piperazine rings is 1. The summed E-state index contributed by atoms with van der Waals surface area (Å²) in [5.41, 5.74) is 0.838. The van der Waals surface area contributed by atoms with Gasteiger partial charge in [0.05, 0.1) is 30.9 Å². The lowest BCUT2D eigenvalue weighted by molar-refractivity contribution is -0.144. The molecule has 0 aliphatic carbocycles. The van der Waals surface area contributed by atoms with Crippen molar-refractivity contribution in [3.63, 3.8) is 0 Å². The van der Waals surface area contributed by atoms with Gasteiger partial charge in [-0.1, -0.05) is 48.5 Å². The Kier molecular flexibility index (Phi) is 21.7. The van der Waals surface area contributed by atoms with E-state index < -0.39 is 88.2 Å². The molecule has 5 aliphatic rings. The maximum atomic E-state index is 15.8. The summed E-state index contributed by atoms with van der Waals surface area (Å²) in [6.45, 7) is 21.5. The quantitative estimate of drug-likeness (QED) is 0.0740. The van der Waals surface area contributed by atoms with Crippen molar-refractivity contribution in [1.82, 2.24) is 40.4 Å². The van der Waals surface area contributed by atoms with Crippen LogP contribution in [0.4, 0.5) is 29.7 Å². The average molecular weight is 1290 g/mol. The molecule has 5 aliphatic heterocycles. The fraction of sp³-hybridized carbons (Fsp3) is 0.536. The molecule has 5 heterocycles. The van der Waals surface area contributed by atoms with Crippen molar-refractivity contribution in [2.75, 3.05) is 96.0 Å². The van der Waals surface area contributed by atoms with Crippen LogP contribution in [-0.2, 0) is 61.3 Å². The molecule has 4 N–H and O–H groups in total. The summed E-state index contributed by atoms with van der Waals surface area (Å²) in [4.78, 5) is 124. The van der Waals surface area contributed by atoms with Crippen LogP contribution in [0.3, 0.4) is 0 Å². The fourth-order valence-electron chi connectivity index (χ4n) is 12.8. The molecule has 0 aromatic heterocycles. The number of nitrogens with zero attached hydrogens (tertiary/aromatic N) is 6. The van der Waals surface area contributed by atoms with E-state index in [9.17, 15) is 38.0 Å². The van der Waals surface area contributed by atoms with Gasteiger partial charge in [-0.2, -0.15) is 0 Å². The maximum absolute atomic E-state index is 15.8. The first-order chi connectivity index (χ1) is 44.0. The van der Waals surface area contributed by atoms with Crippen molar-refractivity contribution in [2.24, 2.45) is 5.92 Å². The first-order valence-electron chi connectivity index (χ1n) is 32.1. The van der Waals surface area contributed by atoms with Crippen LogP contribution in [0.1, 0.15) is 126 Å². The third-order valence-corrected chi connectivity index (χ3v) is 18.1. The molecule has 4 aromatic rings. The van der Waals surface area contributed by atoms with Gasteiger partial charge in [0, 0.05) is 102 Å². The number of amides is 8. The number of hydrogen-bond acceptors (Lipinski definition) is 14. The molecule has 0 radical (unpaired) electrons. The van der Waals surface area contributed by atoms with Gasteiger partial charge in [0.1, 0.15) is 41.0 Å². The number of nitrogens with one attached hydrogen (secondary N) is 4. The van der Waals surface area contributed by atoms with Gasteiger partial charge in [0.2, 0.25) is 23.6 Å². The number of likely N-dealkylation sites (N-methyl/N-ethyl adjacent to an activating group) is 1. The molecule has 93 heavy (non-hydrogen) atoms. The standard InChI is InChI=1S/C69H90F2N10O12/c1-42-35-78(51(37-77-28-31-91-40-43(77)2)38-79(42)66(89)93-68(7,8)9)39-57(82)81-41-69(10,53-22-18-46(33-56(53)81)32-45-16-20-50(70)21-17-45)64(87)73-27-26-72-61(84)48-19-23-54(71)55(34-48)74-62(85)59-52-15-13-12-14-49(52)36-80(59)63(86)58(47-24-29-90-30-25-47)75-60(83)44(3)76(11)65(88)92-67(4,5)6/h12-23,33-34,42-44,47,51,58-59H,24-32,35-41H2,1-11H3,(H,72,84)(H,73,87)(H,74,85)(H,75,83)/t42-,43-,44+,51+,58?,59+,69?/m1/s1. The molecule has 0 spiro atoms. The highest BCUT2D eigenvalue weighted by atomic mass is 19.1. The average Bonchev–Trinajstić information content (AvgIpc) is 1.61. The summed E-state index contributed by atoms with van der Waals surface area (Å²) in [6.07, 6.45) is 0.119. The second kappa shape index (κ2) is 29.1. The van der Waals surface area contributed by atoms with Gasteiger partial charge in [-0.15, -0.1) is 0 Å². The van der Waals surface area contributed by atoms with Crippen molar-refractivity contribution in [2.45, 2.75) is 148 Å². The van der Waals surface area contributed by atoms with Crippen LogP contribution in [0, 0.1) is 17.6 Å². The van der Waals surface area contributed by atoms with Gasteiger partial charge < -0.3 is 54.9 Å². The smallest absolute Gasteiger partial charge is 0.410 e. The van der Waals surface area contributed by atoms with E-state index in [0.29, 0.717) is 94.2 Å². The van der Waals surface area contributed by atoms with Crippen LogP contribution in [0.25, 0.3) is 0 Å². The summed E-state index contributed by atoms with van der Waals surface area (Å²) >= 11 is 0. The molecule has 9 rings (SSSR count). The molecule has 2 unspecified atom stereocenters. The summed E-state index contributed by atoms with van der Waals surface area (Å²) in [7, 11) is 1.43. The van der Waals surface area contributed by atoms with Crippen molar-refractivity contribution in [3.05, 3.63) is 130 Å². The summed E-state index contributed by atoms with van der Waals surface area (Å²) < 4.78 is 52.5. The molecule has 22 nitrogen and oxygen atoms in total. The predicted molar refractivity (Wildman–Crippen MR) is 344 cm³/mol. The summed E-state index contributed by atoms with van der Waals surface area (Å²) in [6, 6.07) is 18.4. The molecule has 3 fully saturated rings. The number of halogens is 2. The van der Waals surface area contributed by atoms with Crippen molar-refractivity contribution in [1.29, 1.82) is 0 Å². The number of fused-ring (bicyclic) bond motifs is 2. The van der Waals surface area contributed by atoms with E-state index >= 15 is 9.18 Å². The second-order valence-electron chi connectivity index (χ2n) is 27.4. The minimum Gasteiger partial charge on any atom is -0.444 e. The van der Waals surface area contributed by atoms with E-state index in [4.69, 9.17) is 18.9 Å². The zero-order valence-electron chi connectivity index (χ0n) is 55.3. The molecule has 8 amide bonds. The third kappa shape index (κ3) is 16.7. The van der Waals surface area contributed by atoms with E-state index in [0.717, 1.165) is 22.1 Å². The Bertz CT molecular complexity index is 3430. The van der Waals surface area contributed by atoms with Gasteiger partial charge in [-0.05, 0) is 159 Å². The number of ether oxygens (including phenoxy) is 4. The Morgan fingerprint density at radius 2 is 1.46 bits per heavy atom. The Balaban J connectivity index is 0.874. The number of hydrogen-bond donors (Lipinski definition) is 4. The van der Waals surface area contributed by atoms with Gasteiger partial charge in [0.15, 0.2) is 0 Å². The highest BCUT2D eigenvalue weighted by Gasteiger charge is 2.49. The number of morpholine rings is 1. The predicted octanol–water partition coefficient (Wildman–Crippen LogP) is 6.93. The number of carbonyl (C=O) groups is 8. The van der Waals surface area contributed by atoms with Crippen LogP contribution in [0.5, 0.6) is 0 Å². The normalized spacial score (nSPS) is 21.8. The molecule has 4 aromatic carbocycles. The molecule has 502 valence electrons. The molecular formula is C69H90F2N10O12. The molecular weight excluding hydrogens is 1200 g/mol. The summed E-state index contributed by atoms with van der Waals surface area (Å²) in [5, 5.41) is 11.3. The van der Waals surface area contributed by atoms with E-state index in [-0.39, 0.29) is 73.8 Å². The van der Waals surface area contributed by atoms with Gasteiger partial charge in [-0.25, -0.2) is 18.4 Å². The molecule has 0 saturated carbocycles. The van der Waals surface area contributed by atoms with Gasteiger partial charge in [0.25, 0.3) is 11.8 Å². The molecule has 0 bridgehead atoms. The maximum Gasteiger partial charge on any atom is 0.410 e. The van der Waals surface area contributed by atoms with Crippen LogP contribution >= 0.6 is 0 Å². The van der Waals surface area contributed by atoms with E-state index in [1.165, 1.54) is 43.1 Å². The van der Waals surface area contributed by atoms with Crippen LogP contribution in [0.15, 0.2) is 84.9 Å². The zero-order chi connectivity index (χ0) is 67.3. The van der Waals surface area contributed by atoms with Gasteiger partial charge in [-0.3, -0.25) is 43.5 Å². The van der Waals surface area contributed by atoms with E-state index in [2.05, 4.69) is 38.0 Å². The minimum absolute atomic E-state index is 0.00757. The molecule has 3 saturated heterocycles. The highest BCUT2D eigenvalue weighted by Crippen LogP contribution is 2.43. The summed E-state index contributed by atoms with van der Waals surface area (Å²) in [5.74, 6) is -4.87. The molecule has 7 atom stereocenters. The minimum atomic E-state index is -1.28. The van der Waals surface area contributed by atoms with Crippen molar-refractivity contribution >= 4 is 59.0 Å². The number of carbonyl (C=O) groups excluding carboxylic acids is 8. The SMILES string of the molecule is C[C@@H]1COCCN1C[C@H]1CN(C(=O)OC(C)(C)C)[C@H](C)CN1CC(=O)N1CC(C)(C(=O)NCCNC(=O)c2ccc(F)c(NC(=O)[C@@H]3c4ccccc4CN3C(=O)C(NC(=O)[C@H](C)N(C)C(=O)OC(C)(C)C)C3CCOCC3)c2)c2ccc(Cc3ccc(F)cc3)cc21. The van der Waals surface area contributed by atoms with Crippen LogP contribution < -0.4 is 26.2 Å². The van der Waals surface area contributed by atoms with Crippen molar-refractivity contribution < 1.29 is 66.1 Å². The Hall–Kier alpha value is -8.06. The number of rotatable bonds is 18. The highest BCUT2D eigenvalue weighted by molar-refractivity contribution is 6.04. The Labute approximate surface area is 543 Å². The van der Waals surface area contributed by atoms with Crippen LogP contribution in [0.2, 0.25) is 0 Å². The topological polar surface area (TPSA) is 241 Å². The third-order valence-electron chi connectivity index (χ3n) is 18.1. The zero-order valence-corrected chi connectivity index (χ0v) is 55.3. The fourth-order valence-corrected chi connectivity index (χ4v) is 12.8. The lowest BCUT2D eigenvalue weighted by Gasteiger charge is -2.47. The first-order valence-corrected chi connectivity index (χ1v) is 32.1.